The third-order valence-electron chi connectivity index (χ3n) is 4.67. The number of benzene rings is 1. The van der Waals surface area contributed by atoms with Gasteiger partial charge >= 0.3 is 5.51 Å². The summed E-state index contributed by atoms with van der Waals surface area (Å²) in [6.07, 6.45) is 1.09. The van der Waals surface area contributed by atoms with Crippen LogP contribution in [0.25, 0.3) is 0 Å². The second kappa shape index (κ2) is 7.77. The van der Waals surface area contributed by atoms with E-state index in [0.29, 0.717) is 37.8 Å². The molecule has 0 unspecified atom stereocenters. The third kappa shape index (κ3) is 4.60. The zero-order valence-electron chi connectivity index (χ0n) is 15.8. The quantitative estimate of drug-likeness (QED) is 0.744. The number of nitrogens with one attached hydrogen (secondary N) is 1. The number of piperidine rings is 1. The largest absolute Gasteiger partial charge is 0.501 e. The Morgan fingerprint density at radius 2 is 1.76 bits per heavy atom. The SMILES string of the molecule is Cc1cc(N2CCC(Nc3ccc(F)cc3S(=O)(=O)C(F)(F)F)CC2)nc(C)n1. The molecule has 0 aliphatic carbocycles. The van der Waals surface area contributed by atoms with Gasteiger partial charge in [-0.15, -0.1) is 0 Å². The topological polar surface area (TPSA) is 75.2 Å². The van der Waals surface area contributed by atoms with Gasteiger partial charge in [-0.1, -0.05) is 0 Å². The molecular weight excluding hydrogens is 412 g/mol. The van der Waals surface area contributed by atoms with E-state index in [4.69, 9.17) is 0 Å². The van der Waals surface area contributed by atoms with Gasteiger partial charge in [-0.05, 0) is 44.9 Å². The zero-order chi connectivity index (χ0) is 21.4. The van der Waals surface area contributed by atoms with Gasteiger partial charge in [0.05, 0.1) is 5.69 Å². The molecule has 6 nitrogen and oxygen atoms in total. The van der Waals surface area contributed by atoms with Crippen molar-refractivity contribution in [2.24, 2.45) is 0 Å². The molecule has 11 heteroatoms. The van der Waals surface area contributed by atoms with Crippen LogP contribution >= 0.6 is 0 Å². The highest BCUT2D eigenvalue weighted by Crippen LogP contribution is 2.35. The van der Waals surface area contributed by atoms with Crippen molar-refractivity contribution in [2.75, 3.05) is 23.3 Å². The van der Waals surface area contributed by atoms with Gasteiger partial charge in [0.1, 0.15) is 22.4 Å². The summed E-state index contributed by atoms with van der Waals surface area (Å²) < 4.78 is 76.0. The molecule has 1 aliphatic rings. The average Bonchev–Trinajstić information content (AvgIpc) is 2.62. The molecule has 3 rings (SSSR count). The molecule has 0 bridgehead atoms. The van der Waals surface area contributed by atoms with Crippen molar-refractivity contribution in [1.82, 2.24) is 9.97 Å². The first-order valence-corrected chi connectivity index (χ1v) is 10.4. The Hall–Kier alpha value is -2.43. The van der Waals surface area contributed by atoms with Crippen LogP contribution in [0.5, 0.6) is 0 Å². The van der Waals surface area contributed by atoms with E-state index in [0.717, 1.165) is 23.6 Å². The lowest BCUT2D eigenvalue weighted by atomic mass is 10.0. The highest BCUT2D eigenvalue weighted by molar-refractivity contribution is 7.92. The van der Waals surface area contributed by atoms with Crippen molar-refractivity contribution >= 4 is 21.3 Å². The van der Waals surface area contributed by atoms with Gasteiger partial charge in [-0.25, -0.2) is 22.8 Å². The van der Waals surface area contributed by atoms with Crippen molar-refractivity contribution in [1.29, 1.82) is 0 Å². The van der Waals surface area contributed by atoms with Crippen LogP contribution in [0.3, 0.4) is 0 Å². The summed E-state index contributed by atoms with van der Waals surface area (Å²) >= 11 is 0. The zero-order valence-corrected chi connectivity index (χ0v) is 16.6. The predicted octanol–water partition coefficient (Wildman–Crippen LogP) is 3.61. The van der Waals surface area contributed by atoms with E-state index in [9.17, 15) is 26.0 Å². The molecule has 1 aromatic carbocycles. The van der Waals surface area contributed by atoms with Crippen molar-refractivity contribution in [3.63, 3.8) is 0 Å². The minimum Gasteiger partial charge on any atom is -0.381 e. The van der Waals surface area contributed by atoms with Gasteiger partial charge in [0.15, 0.2) is 0 Å². The van der Waals surface area contributed by atoms with Gasteiger partial charge < -0.3 is 10.2 Å². The van der Waals surface area contributed by atoms with Gasteiger partial charge in [-0.2, -0.15) is 13.2 Å². The standard InChI is InChI=1S/C18H20F4N4O2S/c1-11-9-17(24-12(2)23-11)26-7-5-14(6-8-26)25-15-4-3-13(19)10-16(15)29(27,28)18(20,21)22/h3-4,9-10,14,25H,5-8H2,1-2H3. The molecular formula is C18H20F4N4O2S. The normalized spacial score (nSPS) is 16.1. The van der Waals surface area contributed by atoms with Crippen LogP contribution in [0.1, 0.15) is 24.4 Å². The lowest BCUT2D eigenvalue weighted by molar-refractivity contribution is -0.0435. The fourth-order valence-corrected chi connectivity index (χ4v) is 4.23. The molecule has 1 N–H and O–H groups in total. The third-order valence-corrected chi connectivity index (χ3v) is 6.20. The second-order valence-electron chi connectivity index (χ2n) is 6.91. The molecule has 0 amide bonds. The van der Waals surface area contributed by atoms with Crippen LogP contribution in [0.15, 0.2) is 29.2 Å². The number of hydrogen-bond acceptors (Lipinski definition) is 6. The summed E-state index contributed by atoms with van der Waals surface area (Å²) in [5, 5.41) is 2.84. The first-order valence-electron chi connectivity index (χ1n) is 8.92. The summed E-state index contributed by atoms with van der Waals surface area (Å²) in [7, 11) is -5.67. The van der Waals surface area contributed by atoms with E-state index in [2.05, 4.69) is 15.3 Å². The Morgan fingerprint density at radius 1 is 1.10 bits per heavy atom. The van der Waals surface area contributed by atoms with Crippen molar-refractivity contribution < 1.29 is 26.0 Å². The smallest absolute Gasteiger partial charge is 0.381 e. The van der Waals surface area contributed by atoms with Gasteiger partial charge in [-0.3, -0.25) is 0 Å². The van der Waals surface area contributed by atoms with E-state index >= 15 is 0 Å². The molecule has 0 spiro atoms. The van der Waals surface area contributed by atoms with Crippen LogP contribution < -0.4 is 10.2 Å². The van der Waals surface area contributed by atoms with Crippen LogP contribution in [-0.2, 0) is 9.84 Å². The molecule has 0 atom stereocenters. The first-order chi connectivity index (χ1) is 13.5. The number of anilines is 2. The summed E-state index contributed by atoms with van der Waals surface area (Å²) in [5.74, 6) is 0.367. The number of halogens is 4. The second-order valence-corrected chi connectivity index (χ2v) is 8.82. The lowest BCUT2D eigenvalue weighted by Crippen LogP contribution is -2.40. The molecule has 0 saturated carbocycles. The van der Waals surface area contributed by atoms with Crippen LogP contribution in [0.2, 0.25) is 0 Å². The molecule has 2 aromatic rings. The molecule has 29 heavy (non-hydrogen) atoms. The summed E-state index contributed by atoms with van der Waals surface area (Å²) in [6, 6.07) is 3.95. The Balaban J connectivity index is 1.76. The number of hydrogen-bond donors (Lipinski definition) is 1. The van der Waals surface area contributed by atoms with Gasteiger partial charge in [0.2, 0.25) is 0 Å². The maximum atomic E-state index is 13.5. The molecule has 1 fully saturated rings. The van der Waals surface area contributed by atoms with E-state index < -0.39 is 26.1 Å². The van der Waals surface area contributed by atoms with Crippen molar-refractivity contribution in [2.45, 2.75) is 43.1 Å². The van der Waals surface area contributed by atoms with Crippen molar-refractivity contribution in [3.05, 3.63) is 41.6 Å². The highest BCUT2D eigenvalue weighted by atomic mass is 32.2. The minimum atomic E-state index is -5.67. The summed E-state index contributed by atoms with van der Waals surface area (Å²) in [6.45, 7) is 4.82. The van der Waals surface area contributed by atoms with Crippen LogP contribution in [0, 0.1) is 19.7 Å². The Bertz CT molecular complexity index is 983. The molecule has 0 radical (unpaired) electrons. The van der Waals surface area contributed by atoms with Crippen LogP contribution in [0.4, 0.5) is 29.1 Å². The number of aryl methyl sites for hydroxylation is 2. The molecule has 1 aromatic heterocycles. The average molecular weight is 432 g/mol. The van der Waals surface area contributed by atoms with Gasteiger partial charge in [0.25, 0.3) is 9.84 Å². The number of alkyl halides is 3. The van der Waals surface area contributed by atoms with E-state index in [1.54, 1.807) is 6.92 Å². The highest BCUT2D eigenvalue weighted by Gasteiger charge is 2.48. The Labute approximate surface area is 165 Å². The minimum absolute atomic E-state index is 0.254. The van der Waals surface area contributed by atoms with Gasteiger partial charge in [0, 0.05) is 30.9 Å². The van der Waals surface area contributed by atoms with Crippen molar-refractivity contribution in [3.8, 4) is 0 Å². The van der Waals surface area contributed by atoms with E-state index in [1.165, 1.54) is 0 Å². The Morgan fingerprint density at radius 3 is 2.34 bits per heavy atom. The maximum Gasteiger partial charge on any atom is 0.501 e. The fraction of sp³-hybridized carbons (Fsp3) is 0.444. The summed E-state index contributed by atoms with van der Waals surface area (Å²) in [5.41, 5.74) is -4.93. The number of nitrogens with zero attached hydrogens (tertiary/aromatic N) is 3. The fourth-order valence-electron chi connectivity index (χ4n) is 3.29. The molecule has 1 aliphatic heterocycles. The maximum absolute atomic E-state index is 13.5. The predicted molar refractivity (Wildman–Crippen MR) is 100 cm³/mol. The van der Waals surface area contributed by atoms with E-state index in [1.807, 2.05) is 17.9 Å². The monoisotopic (exact) mass is 432 g/mol. The number of rotatable bonds is 4. The molecule has 1 saturated heterocycles. The van der Waals surface area contributed by atoms with E-state index in [-0.39, 0.29) is 11.7 Å². The van der Waals surface area contributed by atoms with Crippen LogP contribution in [-0.4, -0.2) is 43.0 Å². The number of sulfone groups is 1. The molecule has 2 heterocycles. The summed E-state index contributed by atoms with van der Waals surface area (Å²) in [4.78, 5) is 9.57. The molecule has 158 valence electrons. The first kappa shape index (κ1) is 21.3. The Kier molecular flexibility index (Phi) is 5.70. The number of aromatic nitrogens is 2. The lowest BCUT2D eigenvalue weighted by Gasteiger charge is -2.34.